The minimum atomic E-state index is 0.762. The summed E-state index contributed by atoms with van der Waals surface area (Å²) in [5.74, 6) is 0.762. The van der Waals surface area contributed by atoms with Gasteiger partial charge in [-0.05, 0) is 23.8 Å². The maximum absolute atomic E-state index is 5.08. The van der Waals surface area contributed by atoms with Gasteiger partial charge in [0.05, 0.1) is 23.9 Å². The van der Waals surface area contributed by atoms with Crippen LogP contribution in [0.1, 0.15) is 10.4 Å². The fourth-order valence-electron chi connectivity index (χ4n) is 1.51. The third-order valence-corrected chi connectivity index (χ3v) is 3.59. The molecule has 0 fully saturated rings. The molecule has 0 spiro atoms. The van der Waals surface area contributed by atoms with Crippen LogP contribution >= 0.6 is 11.3 Å². The first-order chi connectivity index (χ1) is 8.28. The highest BCUT2D eigenvalue weighted by molar-refractivity contribution is 7.16. The zero-order valence-corrected chi connectivity index (χ0v) is 10.5. The first kappa shape index (κ1) is 11.6. The fraction of sp³-hybridized carbons (Fsp3) is 0.0714. The second kappa shape index (κ2) is 4.97. The number of hydrogen-bond acceptors (Lipinski definition) is 3. The number of rotatable bonds is 4. The molecular formula is C14H13NOS. The topological polar surface area (TPSA) is 22.1 Å². The quantitative estimate of drug-likeness (QED) is 0.806. The molecule has 2 rings (SSSR count). The van der Waals surface area contributed by atoms with E-state index in [4.69, 9.17) is 4.74 Å². The summed E-state index contributed by atoms with van der Waals surface area (Å²) >= 11 is 1.66. The summed E-state index contributed by atoms with van der Waals surface area (Å²) in [7, 11) is 1.63. The van der Waals surface area contributed by atoms with Crippen LogP contribution in [0.2, 0.25) is 0 Å². The number of hydrogen-bond donors (Lipinski definition) is 0. The Morgan fingerprint density at radius 2 is 2.12 bits per heavy atom. The van der Waals surface area contributed by atoms with Gasteiger partial charge < -0.3 is 4.74 Å². The predicted octanol–water partition coefficient (Wildman–Crippen LogP) is 4.10. The Bertz CT molecular complexity index is 514. The van der Waals surface area contributed by atoms with Gasteiger partial charge in [-0.15, -0.1) is 11.3 Å². The number of nitrogens with zero attached hydrogens (tertiary/aromatic N) is 1. The van der Waals surface area contributed by atoms with E-state index < -0.39 is 0 Å². The van der Waals surface area contributed by atoms with Crippen molar-refractivity contribution in [3.63, 3.8) is 0 Å². The Morgan fingerprint density at radius 3 is 2.59 bits per heavy atom. The van der Waals surface area contributed by atoms with E-state index in [-0.39, 0.29) is 0 Å². The lowest BCUT2D eigenvalue weighted by Gasteiger charge is -1.99. The highest BCUT2D eigenvalue weighted by Gasteiger charge is 2.07. The van der Waals surface area contributed by atoms with E-state index in [0.29, 0.717) is 0 Å². The van der Waals surface area contributed by atoms with Gasteiger partial charge in [-0.3, -0.25) is 4.98 Å². The summed E-state index contributed by atoms with van der Waals surface area (Å²) in [6, 6.07) is 5.93. The van der Waals surface area contributed by atoms with Crippen molar-refractivity contribution in [3.05, 3.63) is 48.0 Å². The van der Waals surface area contributed by atoms with E-state index >= 15 is 0 Å². The molecule has 0 unspecified atom stereocenters. The molecule has 0 aliphatic heterocycles. The van der Waals surface area contributed by atoms with E-state index in [1.54, 1.807) is 24.6 Å². The summed E-state index contributed by atoms with van der Waals surface area (Å²) in [6.07, 6.45) is 5.39. The molecule has 2 nitrogen and oxygen atoms in total. The zero-order chi connectivity index (χ0) is 12.3. The van der Waals surface area contributed by atoms with Crippen LogP contribution in [0.5, 0.6) is 5.75 Å². The first-order valence-electron chi connectivity index (χ1n) is 5.17. The van der Waals surface area contributed by atoms with Crippen LogP contribution in [0, 0.1) is 0 Å². The molecule has 0 radical (unpaired) electrons. The fourth-order valence-corrected chi connectivity index (χ4v) is 2.50. The van der Waals surface area contributed by atoms with Gasteiger partial charge in [0, 0.05) is 4.88 Å². The highest BCUT2D eigenvalue weighted by Crippen LogP contribution is 2.32. The standard InChI is InChI=1S/C14H13NOS/c1-4-10-8-14(17-13(10)5-2)12-7-6-11(16-3)9-15-12/h4-9H,1-2H2,3H3. The molecule has 0 saturated carbocycles. The SMILES string of the molecule is C=Cc1cc(-c2ccc(OC)cn2)sc1C=C. The van der Waals surface area contributed by atoms with E-state index in [0.717, 1.165) is 26.8 Å². The van der Waals surface area contributed by atoms with E-state index in [1.807, 2.05) is 24.3 Å². The van der Waals surface area contributed by atoms with Crippen molar-refractivity contribution in [2.24, 2.45) is 0 Å². The molecular weight excluding hydrogens is 230 g/mol. The van der Waals surface area contributed by atoms with Crippen LogP contribution in [-0.4, -0.2) is 12.1 Å². The normalized spacial score (nSPS) is 9.94. The summed E-state index contributed by atoms with van der Waals surface area (Å²) in [6.45, 7) is 7.59. The third kappa shape index (κ3) is 2.29. The van der Waals surface area contributed by atoms with Crippen LogP contribution in [0.25, 0.3) is 22.7 Å². The van der Waals surface area contributed by atoms with Gasteiger partial charge in [-0.2, -0.15) is 0 Å². The second-order valence-electron chi connectivity index (χ2n) is 3.42. The number of ether oxygens (including phenoxy) is 1. The Hall–Kier alpha value is -1.87. The molecule has 2 aromatic rings. The van der Waals surface area contributed by atoms with Crippen LogP contribution < -0.4 is 4.74 Å². The van der Waals surface area contributed by atoms with Crippen molar-refractivity contribution in [2.45, 2.75) is 0 Å². The maximum Gasteiger partial charge on any atom is 0.137 e. The molecule has 17 heavy (non-hydrogen) atoms. The van der Waals surface area contributed by atoms with Crippen LogP contribution in [0.4, 0.5) is 0 Å². The summed E-state index contributed by atoms with van der Waals surface area (Å²) in [4.78, 5) is 6.59. The Kier molecular flexibility index (Phi) is 3.40. The Balaban J connectivity index is 2.41. The minimum Gasteiger partial charge on any atom is -0.495 e. The molecule has 0 amide bonds. The maximum atomic E-state index is 5.08. The lowest BCUT2D eigenvalue weighted by molar-refractivity contribution is 0.413. The largest absolute Gasteiger partial charge is 0.495 e. The van der Waals surface area contributed by atoms with Crippen molar-refractivity contribution in [2.75, 3.05) is 7.11 Å². The number of aromatic nitrogens is 1. The predicted molar refractivity (Wildman–Crippen MR) is 74.3 cm³/mol. The van der Waals surface area contributed by atoms with Gasteiger partial charge in [0.1, 0.15) is 5.75 Å². The Labute approximate surface area is 105 Å². The van der Waals surface area contributed by atoms with Crippen molar-refractivity contribution < 1.29 is 4.74 Å². The molecule has 0 atom stereocenters. The number of thiophene rings is 1. The summed E-state index contributed by atoms with van der Waals surface area (Å²) in [5, 5.41) is 0. The van der Waals surface area contributed by atoms with Crippen LogP contribution in [0.15, 0.2) is 37.6 Å². The second-order valence-corrected chi connectivity index (χ2v) is 4.51. The van der Waals surface area contributed by atoms with E-state index in [2.05, 4.69) is 24.2 Å². The minimum absolute atomic E-state index is 0.762. The molecule has 0 aliphatic rings. The number of methoxy groups -OCH3 is 1. The third-order valence-electron chi connectivity index (χ3n) is 2.42. The molecule has 86 valence electrons. The summed E-state index contributed by atoms with van der Waals surface area (Å²) < 4.78 is 5.08. The molecule has 2 heterocycles. The van der Waals surface area contributed by atoms with Crippen molar-refractivity contribution in [1.29, 1.82) is 0 Å². The molecule has 3 heteroatoms. The lowest BCUT2D eigenvalue weighted by Crippen LogP contribution is -1.84. The van der Waals surface area contributed by atoms with Gasteiger partial charge in [0.2, 0.25) is 0 Å². The first-order valence-corrected chi connectivity index (χ1v) is 5.99. The molecule has 0 aromatic carbocycles. The van der Waals surface area contributed by atoms with Gasteiger partial charge >= 0.3 is 0 Å². The Morgan fingerprint density at radius 1 is 1.29 bits per heavy atom. The average molecular weight is 243 g/mol. The molecule has 2 aromatic heterocycles. The lowest BCUT2D eigenvalue weighted by atomic mass is 10.2. The average Bonchev–Trinajstić information content (AvgIpc) is 2.82. The van der Waals surface area contributed by atoms with E-state index in [1.165, 1.54) is 0 Å². The van der Waals surface area contributed by atoms with Gasteiger partial charge in [0.15, 0.2) is 0 Å². The van der Waals surface area contributed by atoms with Crippen LogP contribution in [-0.2, 0) is 0 Å². The van der Waals surface area contributed by atoms with Crippen molar-refractivity contribution >= 4 is 23.5 Å². The monoisotopic (exact) mass is 243 g/mol. The smallest absolute Gasteiger partial charge is 0.137 e. The van der Waals surface area contributed by atoms with Crippen molar-refractivity contribution in [1.82, 2.24) is 4.98 Å². The van der Waals surface area contributed by atoms with Gasteiger partial charge in [-0.1, -0.05) is 25.3 Å². The zero-order valence-electron chi connectivity index (χ0n) is 9.64. The van der Waals surface area contributed by atoms with E-state index in [9.17, 15) is 0 Å². The molecule has 0 aliphatic carbocycles. The molecule has 0 N–H and O–H groups in total. The van der Waals surface area contributed by atoms with Gasteiger partial charge in [-0.25, -0.2) is 0 Å². The molecule has 0 saturated heterocycles. The summed E-state index contributed by atoms with van der Waals surface area (Å²) in [5.41, 5.74) is 2.03. The highest BCUT2D eigenvalue weighted by atomic mass is 32.1. The van der Waals surface area contributed by atoms with Crippen LogP contribution in [0.3, 0.4) is 0 Å². The van der Waals surface area contributed by atoms with Gasteiger partial charge in [0.25, 0.3) is 0 Å². The number of pyridine rings is 1. The van der Waals surface area contributed by atoms with Crippen molar-refractivity contribution in [3.8, 4) is 16.3 Å². The molecule has 0 bridgehead atoms.